The van der Waals surface area contributed by atoms with Crippen molar-refractivity contribution in [1.29, 1.82) is 0 Å². The summed E-state index contributed by atoms with van der Waals surface area (Å²) in [7, 11) is -4.17. The molecule has 0 heterocycles. The Bertz CT molecular complexity index is 844. The van der Waals surface area contributed by atoms with Crippen molar-refractivity contribution in [2.24, 2.45) is 53.1 Å². The van der Waals surface area contributed by atoms with E-state index in [1.54, 1.807) is 0 Å². The maximum atomic E-state index is 12.3. The zero-order valence-electron chi connectivity index (χ0n) is 37.1. The van der Waals surface area contributed by atoms with Gasteiger partial charge in [-0.2, -0.15) is 0 Å². The fourth-order valence-electron chi connectivity index (χ4n) is 7.34. The van der Waals surface area contributed by atoms with E-state index in [2.05, 4.69) is 69.2 Å². The summed E-state index contributed by atoms with van der Waals surface area (Å²) in [5, 5.41) is 0. The Hall–Kier alpha value is -0.0100. The van der Waals surface area contributed by atoms with Crippen molar-refractivity contribution in [3.05, 3.63) is 0 Å². The number of hydrogen-bond donors (Lipinski definition) is 2. The quantitative estimate of drug-likeness (QED) is 0.0474. The summed E-state index contributed by atoms with van der Waals surface area (Å²) in [5.41, 5.74) is 5.43. The molecule has 8 heteroatoms. The van der Waals surface area contributed by atoms with E-state index in [1.807, 2.05) is 0 Å². The first kappa shape index (κ1) is 53.0. The van der Waals surface area contributed by atoms with E-state index in [-0.39, 0.29) is 19.8 Å². The molecule has 0 amide bonds. The molecule has 0 spiro atoms. The van der Waals surface area contributed by atoms with Gasteiger partial charge in [-0.1, -0.05) is 185 Å². The van der Waals surface area contributed by atoms with Crippen LogP contribution in [0.25, 0.3) is 0 Å². The molecule has 3 N–H and O–H groups in total. The van der Waals surface area contributed by atoms with Crippen LogP contribution in [-0.4, -0.2) is 50.6 Å². The summed E-state index contributed by atoms with van der Waals surface area (Å²) >= 11 is 0. The van der Waals surface area contributed by atoms with Crippen molar-refractivity contribution >= 4 is 7.82 Å². The molecule has 0 aromatic rings. The summed E-state index contributed by atoms with van der Waals surface area (Å²) in [5.74, 6) is 6.12. The van der Waals surface area contributed by atoms with E-state index < -0.39 is 13.9 Å². The molecule has 0 saturated heterocycles. The minimum atomic E-state index is -4.17. The maximum Gasteiger partial charge on any atom is 0.472 e. The van der Waals surface area contributed by atoms with Crippen molar-refractivity contribution in [3.63, 3.8) is 0 Å². The van der Waals surface area contributed by atoms with Crippen LogP contribution in [0.15, 0.2) is 0 Å². The minimum absolute atomic E-state index is 0.0298. The molecule has 0 bridgehead atoms. The van der Waals surface area contributed by atoms with Crippen molar-refractivity contribution in [2.45, 2.75) is 204 Å². The summed E-state index contributed by atoms with van der Waals surface area (Å²) in [6, 6.07) is 0. The van der Waals surface area contributed by atoms with Crippen molar-refractivity contribution in [1.82, 2.24) is 0 Å². The van der Waals surface area contributed by atoms with Gasteiger partial charge in [-0.25, -0.2) is 4.57 Å². The fraction of sp³-hybridized carbons (Fsp3) is 1.00. The topological polar surface area (TPSA) is 100 Å². The van der Waals surface area contributed by atoms with E-state index in [0.717, 1.165) is 48.3 Å². The standard InChI is InChI=1S/C45H94NO6P/c1-37(2)17-11-19-39(5)21-13-23-41(7)25-15-27-43(9)29-32-49-35-45(36-52-53(47,48)51-34-31-46)50-33-30-44(10)28-16-26-42(8)24-14-22-40(6)20-12-18-38(3)4/h37-45H,11-36,46H2,1-10H3,(H,47,48). The molecule has 0 fully saturated rings. The van der Waals surface area contributed by atoms with Crippen LogP contribution >= 0.6 is 7.82 Å². The van der Waals surface area contributed by atoms with Crippen molar-refractivity contribution < 1.29 is 28.0 Å². The lowest BCUT2D eigenvalue weighted by Crippen LogP contribution is -2.27. The number of phosphoric acid groups is 1. The third-order valence-corrected chi connectivity index (χ3v) is 12.3. The maximum absolute atomic E-state index is 12.3. The highest BCUT2D eigenvalue weighted by Crippen LogP contribution is 2.43. The molecule has 8 unspecified atom stereocenters. The molecule has 0 aliphatic carbocycles. The number of ether oxygens (including phenoxy) is 2. The largest absolute Gasteiger partial charge is 0.472 e. The normalized spacial score (nSPS) is 17.5. The third-order valence-electron chi connectivity index (χ3n) is 11.4. The highest BCUT2D eigenvalue weighted by molar-refractivity contribution is 7.47. The molecule has 8 atom stereocenters. The highest BCUT2D eigenvalue weighted by Gasteiger charge is 2.24. The Morgan fingerprint density at radius 2 is 0.792 bits per heavy atom. The molecule has 0 aliphatic heterocycles. The molecule has 0 rings (SSSR count). The Morgan fingerprint density at radius 1 is 0.453 bits per heavy atom. The number of nitrogens with two attached hydrogens (primary N) is 1. The van der Waals surface area contributed by atoms with E-state index in [4.69, 9.17) is 24.3 Å². The van der Waals surface area contributed by atoms with Gasteiger partial charge >= 0.3 is 7.82 Å². The summed E-state index contributed by atoms with van der Waals surface area (Å²) < 4.78 is 34.7. The molecule has 0 saturated carbocycles. The molecule has 7 nitrogen and oxygen atoms in total. The lowest BCUT2D eigenvalue weighted by molar-refractivity contribution is -0.0475. The van der Waals surface area contributed by atoms with Crippen LogP contribution in [0.2, 0.25) is 0 Å². The molecule has 0 radical (unpaired) electrons. The predicted molar refractivity (Wildman–Crippen MR) is 228 cm³/mol. The Morgan fingerprint density at radius 3 is 1.15 bits per heavy atom. The van der Waals surface area contributed by atoms with Gasteiger partial charge in [0.05, 0.1) is 19.8 Å². The Kier molecular flexibility index (Phi) is 34.1. The van der Waals surface area contributed by atoms with Gasteiger partial charge in [0.1, 0.15) is 6.10 Å². The monoisotopic (exact) mass is 776 g/mol. The van der Waals surface area contributed by atoms with E-state index >= 15 is 0 Å². The van der Waals surface area contributed by atoms with E-state index in [9.17, 15) is 9.46 Å². The molecule has 53 heavy (non-hydrogen) atoms. The van der Waals surface area contributed by atoms with Gasteiger partial charge in [0, 0.05) is 19.8 Å². The number of phosphoric ester groups is 1. The summed E-state index contributed by atoms with van der Waals surface area (Å²) in [4.78, 5) is 10.0. The van der Waals surface area contributed by atoms with E-state index in [1.165, 1.54) is 116 Å². The van der Waals surface area contributed by atoms with Gasteiger partial charge in [-0.3, -0.25) is 9.05 Å². The predicted octanol–water partition coefficient (Wildman–Crippen LogP) is 13.4. The van der Waals surface area contributed by atoms with Crippen LogP contribution in [0.3, 0.4) is 0 Å². The van der Waals surface area contributed by atoms with Crippen molar-refractivity contribution in [3.8, 4) is 0 Å². The minimum Gasteiger partial charge on any atom is -0.379 e. The van der Waals surface area contributed by atoms with Crippen LogP contribution in [0.5, 0.6) is 0 Å². The van der Waals surface area contributed by atoms with Crippen LogP contribution in [0.1, 0.15) is 198 Å². The van der Waals surface area contributed by atoms with Gasteiger partial charge in [-0.15, -0.1) is 0 Å². The lowest BCUT2D eigenvalue weighted by Gasteiger charge is -2.21. The van der Waals surface area contributed by atoms with E-state index in [0.29, 0.717) is 31.7 Å². The SMILES string of the molecule is CC(C)CCCC(C)CCCC(C)CCCC(C)CCOCC(COP(=O)(O)OCCN)OCCC(C)CCCC(C)CCCC(C)CCCC(C)C. The average Bonchev–Trinajstić information content (AvgIpc) is 3.07. The summed E-state index contributed by atoms with van der Waals surface area (Å²) in [6.07, 6.45) is 25.5. The van der Waals surface area contributed by atoms with Gasteiger partial charge in [-0.05, 0) is 60.2 Å². The fourth-order valence-corrected chi connectivity index (χ4v) is 8.10. The molecule has 0 aliphatic rings. The first-order valence-electron chi connectivity index (χ1n) is 22.6. The summed E-state index contributed by atoms with van der Waals surface area (Å²) in [6.45, 7) is 25.3. The molecule has 0 aromatic heterocycles. The smallest absolute Gasteiger partial charge is 0.379 e. The van der Waals surface area contributed by atoms with Gasteiger partial charge < -0.3 is 20.1 Å². The average molecular weight is 776 g/mol. The molecule has 0 aromatic carbocycles. The zero-order chi connectivity index (χ0) is 39.9. The van der Waals surface area contributed by atoms with Crippen LogP contribution in [-0.2, 0) is 23.1 Å². The molecular weight excluding hydrogens is 681 g/mol. The third kappa shape index (κ3) is 36.1. The molecular formula is C45H94NO6P. The van der Waals surface area contributed by atoms with Gasteiger partial charge in [0.25, 0.3) is 0 Å². The van der Waals surface area contributed by atoms with Crippen molar-refractivity contribution in [2.75, 3.05) is 39.6 Å². The van der Waals surface area contributed by atoms with Crippen LogP contribution in [0, 0.1) is 47.3 Å². The second-order valence-electron chi connectivity index (χ2n) is 18.5. The van der Waals surface area contributed by atoms with Gasteiger partial charge in [0.15, 0.2) is 0 Å². The highest BCUT2D eigenvalue weighted by atomic mass is 31.2. The van der Waals surface area contributed by atoms with Crippen LogP contribution in [0.4, 0.5) is 0 Å². The molecule has 320 valence electrons. The second-order valence-corrected chi connectivity index (χ2v) is 20.0. The number of hydrogen-bond acceptors (Lipinski definition) is 6. The first-order chi connectivity index (χ1) is 25.1. The lowest BCUT2D eigenvalue weighted by atomic mass is 9.91. The zero-order valence-corrected chi connectivity index (χ0v) is 38.0. The van der Waals surface area contributed by atoms with Gasteiger partial charge in [0.2, 0.25) is 0 Å². The number of rotatable bonds is 39. The Labute approximate surface area is 331 Å². The first-order valence-corrected chi connectivity index (χ1v) is 24.1. The second kappa shape index (κ2) is 34.1. The Balaban J connectivity index is 4.37. The van der Waals surface area contributed by atoms with Crippen LogP contribution < -0.4 is 5.73 Å².